The Bertz CT molecular complexity index is 1540. The number of benzene rings is 3. The maximum Gasteiger partial charge on any atom is 0.272 e. The van der Waals surface area contributed by atoms with Gasteiger partial charge in [0.05, 0.1) is 6.54 Å². The molecule has 2 heterocycles. The molecule has 6 rings (SSSR count). The van der Waals surface area contributed by atoms with Crippen molar-refractivity contribution in [2.45, 2.75) is 76.5 Å². The summed E-state index contributed by atoms with van der Waals surface area (Å²) in [6.45, 7) is 2.43. The number of hydrogen-bond donors (Lipinski definition) is 1. The maximum absolute atomic E-state index is 14.7. The minimum Gasteiger partial charge on any atom is -0.351 e. The zero-order chi connectivity index (χ0) is 27.7. The number of aryl methyl sites for hydroxylation is 1. The molecule has 2 aliphatic rings. The standard InChI is InChI=1S/C34H36FN3O2/c1-24-17-18-26-21-31-32(39)38(22-25-11-10-14-28(35)20-25)34(23-37(31)30(26)19-24,27-12-6-5-7-13-27)33(40)36-29-15-8-3-2-4-9-16-29/h5-7,10-14,17-21,29H,2-4,8-9,15-16,22-23H2,1H3,(H,36,40). The van der Waals surface area contributed by atoms with Gasteiger partial charge in [-0.3, -0.25) is 9.59 Å². The Morgan fingerprint density at radius 2 is 1.68 bits per heavy atom. The molecule has 1 fully saturated rings. The highest BCUT2D eigenvalue weighted by molar-refractivity contribution is 6.04. The lowest BCUT2D eigenvalue weighted by Gasteiger charge is -2.47. The van der Waals surface area contributed by atoms with E-state index in [2.05, 4.69) is 11.4 Å². The van der Waals surface area contributed by atoms with Gasteiger partial charge in [0, 0.05) is 23.5 Å². The fraction of sp³-hybridized carbons (Fsp3) is 0.353. The van der Waals surface area contributed by atoms with E-state index in [1.54, 1.807) is 11.0 Å². The highest BCUT2D eigenvalue weighted by atomic mass is 19.1. The van der Waals surface area contributed by atoms with Crippen molar-refractivity contribution in [3.63, 3.8) is 0 Å². The Morgan fingerprint density at radius 3 is 2.42 bits per heavy atom. The predicted molar refractivity (Wildman–Crippen MR) is 155 cm³/mol. The number of fused-ring (bicyclic) bond motifs is 3. The van der Waals surface area contributed by atoms with Gasteiger partial charge in [0.15, 0.2) is 5.54 Å². The molecule has 0 bridgehead atoms. The van der Waals surface area contributed by atoms with Crippen LogP contribution in [-0.2, 0) is 23.4 Å². The SMILES string of the molecule is Cc1ccc2cc3n(c2c1)CC(C(=O)NC1CCCCCCC1)(c1ccccc1)N(Cc1cccc(F)c1)C3=O. The van der Waals surface area contributed by atoms with E-state index in [4.69, 9.17) is 0 Å². The van der Waals surface area contributed by atoms with E-state index in [0.717, 1.165) is 47.7 Å². The van der Waals surface area contributed by atoms with Gasteiger partial charge in [0.1, 0.15) is 11.5 Å². The molecule has 0 radical (unpaired) electrons. The van der Waals surface area contributed by atoms with Gasteiger partial charge in [-0.15, -0.1) is 0 Å². The molecule has 40 heavy (non-hydrogen) atoms. The summed E-state index contributed by atoms with van der Waals surface area (Å²) in [6, 6.07) is 24.0. The second kappa shape index (κ2) is 10.9. The van der Waals surface area contributed by atoms with Crippen LogP contribution in [0.5, 0.6) is 0 Å². The number of carbonyl (C=O) groups is 2. The summed E-state index contributed by atoms with van der Waals surface area (Å²) >= 11 is 0. The van der Waals surface area contributed by atoms with Crippen LogP contribution in [0.2, 0.25) is 0 Å². The number of halogens is 1. The molecule has 1 N–H and O–H groups in total. The normalized spacial score (nSPS) is 20.1. The van der Waals surface area contributed by atoms with Crippen LogP contribution in [0, 0.1) is 12.7 Å². The van der Waals surface area contributed by atoms with Gasteiger partial charge in [-0.1, -0.05) is 86.7 Å². The van der Waals surface area contributed by atoms with Gasteiger partial charge >= 0.3 is 0 Å². The van der Waals surface area contributed by atoms with Gasteiger partial charge in [-0.2, -0.15) is 0 Å². The second-order valence-electron chi connectivity index (χ2n) is 11.4. The van der Waals surface area contributed by atoms with E-state index in [0.29, 0.717) is 11.3 Å². The minimum atomic E-state index is -1.31. The molecular weight excluding hydrogens is 501 g/mol. The molecule has 206 valence electrons. The van der Waals surface area contributed by atoms with Gasteiger partial charge in [-0.25, -0.2) is 4.39 Å². The van der Waals surface area contributed by atoms with Gasteiger partial charge in [0.25, 0.3) is 11.8 Å². The summed E-state index contributed by atoms with van der Waals surface area (Å²) < 4.78 is 16.3. The summed E-state index contributed by atoms with van der Waals surface area (Å²) in [4.78, 5) is 30.9. The molecular formula is C34H36FN3O2. The molecule has 1 unspecified atom stereocenters. The highest BCUT2D eigenvalue weighted by Gasteiger charge is 2.52. The first-order chi connectivity index (χ1) is 19.5. The first kappa shape index (κ1) is 26.3. The van der Waals surface area contributed by atoms with E-state index >= 15 is 0 Å². The van der Waals surface area contributed by atoms with E-state index in [9.17, 15) is 14.0 Å². The van der Waals surface area contributed by atoms with Crippen LogP contribution in [0.3, 0.4) is 0 Å². The van der Waals surface area contributed by atoms with E-state index in [-0.39, 0.29) is 36.8 Å². The Morgan fingerprint density at radius 1 is 0.925 bits per heavy atom. The summed E-state index contributed by atoms with van der Waals surface area (Å²) in [5.74, 6) is -0.772. The molecule has 0 saturated heterocycles. The van der Waals surface area contributed by atoms with Crippen LogP contribution < -0.4 is 5.32 Å². The number of nitrogens with one attached hydrogen (secondary N) is 1. The van der Waals surface area contributed by atoms with Crippen molar-refractivity contribution in [1.82, 2.24) is 14.8 Å². The van der Waals surface area contributed by atoms with Crippen LogP contribution in [-0.4, -0.2) is 27.3 Å². The fourth-order valence-electron chi connectivity index (χ4n) is 6.55. The van der Waals surface area contributed by atoms with Gasteiger partial charge in [-0.05, 0) is 60.7 Å². The van der Waals surface area contributed by atoms with Crippen molar-refractivity contribution in [3.05, 3.63) is 107 Å². The van der Waals surface area contributed by atoms with Crippen molar-refractivity contribution in [2.75, 3.05) is 0 Å². The molecule has 1 saturated carbocycles. The molecule has 3 aromatic carbocycles. The molecule has 4 aromatic rings. The van der Waals surface area contributed by atoms with Gasteiger partial charge < -0.3 is 14.8 Å². The number of carbonyl (C=O) groups excluding carboxylic acids is 2. The van der Waals surface area contributed by atoms with Crippen LogP contribution in [0.15, 0.2) is 78.9 Å². The third kappa shape index (κ3) is 4.80. The maximum atomic E-state index is 14.7. The first-order valence-corrected chi connectivity index (χ1v) is 14.5. The second-order valence-corrected chi connectivity index (χ2v) is 11.4. The van der Waals surface area contributed by atoms with E-state index < -0.39 is 5.54 Å². The smallest absolute Gasteiger partial charge is 0.272 e. The lowest BCUT2D eigenvalue weighted by atomic mass is 9.83. The van der Waals surface area contributed by atoms with Crippen molar-refractivity contribution in [3.8, 4) is 0 Å². The quantitative estimate of drug-likeness (QED) is 0.302. The first-order valence-electron chi connectivity index (χ1n) is 14.5. The number of amides is 2. The molecule has 1 aromatic heterocycles. The molecule has 1 aliphatic carbocycles. The Hall–Kier alpha value is -3.93. The molecule has 2 amide bonds. The molecule has 0 spiro atoms. The van der Waals surface area contributed by atoms with Crippen molar-refractivity contribution < 1.29 is 14.0 Å². The molecule has 1 atom stereocenters. The van der Waals surface area contributed by atoms with Crippen molar-refractivity contribution >= 4 is 22.7 Å². The summed E-state index contributed by atoms with van der Waals surface area (Å²) in [6.07, 6.45) is 7.64. The zero-order valence-electron chi connectivity index (χ0n) is 23.0. The highest BCUT2D eigenvalue weighted by Crippen LogP contribution is 2.40. The van der Waals surface area contributed by atoms with Crippen LogP contribution >= 0.6 is 0 Å². The van der Waals surface area contributed by atoms with Crippen molar-refractivity contribution in [1.29, 1.82) is 0 Å². The number of nitrogens with zero attached hydrogens (tertiary/aromatic N) is 2. The minimum absolute atomic E-state index is 0.0598. The molecule has 5 nitrogen and oxygen atoms in total. The average molecular weight is 538 g/mol. The lowest BCUT2D eigenvalue weighted by Crippen LogP contribution is -2.64. The van der Waals surface area contributed by atoms with Crippen LogP contribution in [0.4, 0.5) is 4.39 Å². The van der Waals surface area contributed by atoms with Crippen LogP contribution in [0.1, 0.15) is 72.1 Å². The lowest BCUT2D eigenvalue weighted by molar-refractivity contribution is -0.136. The Labute approximate surface area is 235 Å². The average Bonchev–Trinajstić information content (AvgIpc) is 3.29. The summed E-state index contributed by atoms with van der Waals surface area (Å²) in [5, 5.41) is 4.37. The summed E-state index contributed by atoms with van der Waals surface area (Å²) in [5.41, 5.74) is 2.66. The fourth-order valence-corrected chi connectivity index (χ4v) is 6.55. The topological polar surface area (TPSA) is 54.3 Å². The predicted octanol–water partition coefficient (Wildman–Crippen LogP) is 6.87. The summed E-state index contributed by atoms with van der Waals surface area (Å²) in [7, 11) is 0. The Kier molecular flexibility index (Phi) is 7.18. The third-order valence-electron chi connectivity index (χ3n) is 8.67. The monoisotopic (exact) mass is 537 g/mol. The molecule has 6 heteroatoms. The molecule has 1 aliphatic heterocycles. The Balaban J connectivity index is 1.52. The van der Waals surface area contributed by atoms with E-state index in [1.165, 1.54) is 31.4 Å². The number of hydrogen-bond acceptors (Lipinski definition) is 2. The zero-order valence-corrected chi connectivity index (χ0v) is 23.0. The largest absolute Gasteiger partial charge is 0.351 e. The van der Waals surface area contributed by atoms with Crippen LogP contribution in [0.25, 0.3) is 10.9 Å². The van der Waals surface area contributed by atoms with Gasteiger partial charge in [0.2, 0.25) is 0 Å². The van der Waals surface area contributed by atoms with E-state index in [1.807, 2.05) is 66.1 Å². The number of aromatic nitrogens is 1. The number of rotatable bonds is 5. The third-order valence-corrected chi connectivity index (χ3v) is 8.67. The van der Waals surface area contributed by atoms with Crippen molar-refractivity contribution in [2.24, 2.45) is 0 Å².